The van der Waals surface area contributed by atoms with Crippen LogP contribution in [-0.4, -0.2) is 24.6 Å². The van der Waals surface area contributed by atoms with Crippen molar-refractivity contribution in [2.45, 2.75) is 39.5 Å². The summed E-state index contributed by atoms with van der Waals surface area (Å²) < 4.78 is 0. The molecule has 1 N–H and O–H groups in total. The van der Waals surface area contributed by atoms with E-state index in [0.717, 1.165) is 25.4 Å². The van der Waals surface area contributed by atoms with Gasteiger partial charge in [-0.25, -0.2) is 0 Å². The number of hydrogen-bond donors (Lipinski definition) is 1. The normalized spacial score (nSPS) is 16.1. The van der Waals surface area contributed by atoms with Crippen LogP contribution in [0.1, 0.15) is 39.5 Å². The summed E-state index contributed by atoms with van der Waals surface area (Å²) in [6.45, 7) is 6.59. The van der Waals surface area contributed by atoms with Gasteiger partial charge in [0.25, 0.3) is 0 Å². The first-order chi connectivity index (χ1) is 7.64. The summed E-state index contributed by atoms with van der Waals surface area (Å²) in [6, 6.07) is 2.22. The monoisotopic (exact) mass is 240 g/mol. The van der Waals surface area contributed by atoms with Crippen molar-refractivity contribution in [3.63, 3.8) is 0 Å². The molecule has 92 valence electrons. The first-order valence-electron chi connectivity index (χ1n) is 6.29. The molecule has 0 heterocycles. The summed E-state index contributed by atoms with van der Waals surface area (Å²) >= 11 is 2.08. The van der Waals surface area contributed by atoms with Crippen molar-refractivity contribution < 1.29 is 0 Å². The minimum Gasteiger partial charge on any atom is -0.315 e. The number of rotatable bonds is 9. The third-order valence-corrected chi connectivity index (χ3v) is 4.19. The van der Waals surface area contributed by atoms with Crippen LogP contribution in [0, 0.1) is 22.7 Å². The van der Waals surface area contributed by atoms with E-state index in [1.54, 1.807) is 0 Å². The van der Waals surface area contributed by atoms with Gasteiger partial charge in [0.05, 0.1) is 6.07 Å². The molecule has 0 amide bonds. The SMILES string of the molecule is CC(C)(CCC#N)CNCCSCC1CC1. The molecule has 0 unspecified atom stereocenters. The van der Waals surface area contributed by atoms with Gasteiger partial charge in [-0.1, -0.05) is 13.8 Å². The molecular formula is C13H24N2S. The Balaban J connectivity index is 1.90. The Morgan fingerprint density at radius 1 is 1.44 bits per heavy atom. The predicted molar refractivity (Wildman–Crippen MR) is 71.5 cm³/mol. The van der Waals surface area contributed by atoms with E-state index >= 15 is 0 Å². The molecule has 0 aliphatic heterocycles. The fourth-order valence-electron chi connectivity index (χ4n) is 1.59. The number of nitrogens with one attached hydrogen (secondary N) is 1. The van der Waals surface area contributed by atoms with Crippen molar-refractivity contribution in [1.82, 2.24) is 5.32 Å². The molecule has 1 saturated carbocycles. The van der Waals surface area contributed by atoms with E-state index in [-0.39, 0.29) is 5.41 Å². The van der Waals surface area contributed by atoms with Gasteiger partial charge in [-0.05, 0) is 36.3 Å². The van der Waals surface area contributed by atoms with Crippen LogP contribution in [0.5, 0.6) is 0 Å². The van der Waals surface area contributed by atoms with Crippen molar-refractivity contribution in [3.8, 4) is 6.07 Å². The molecule has 0 radical (unpaired) electrons. The lowest BCUT2D eigenvalue weighted by Crippen LogP contribution is -2.30. The summed E-state index contributed by atoms with van der Waals surface area (Å²) in [5, 5.41) is 12.1. The highest BCUT2D eigenvalue weighted by Gasteiger charge is 2.20. The maximum Gasteiger partial charge on any atom is 0.0621 e. The van der Waals surface area contributed by atoms with E-state index in [2.05, 4.69) is 37.0 Å². The first-order valence-corrected chi connectivity index (χ1v) is 7.45. The van der Waals surface area contributed by atoms with Crippen LogP contribution in [0.2, 0.25) is 0 Å². The maximum atomic E-state index is 8.56. The second kappa shape index (κ2) is 7.19. The van der Waals surface area contributed by atoms with Crippen molar-refractivity contribution in [2.24, 2.45) is 11.3 Å². The van der Waals surface area contributed by atoms with Gasteiger partial charge in [-0.2, -0.15) is 17.0 Å². The van der Waals surface area contributed by atoms with E-state index in [1.807, 2.05) is 0 Å². The van der Waals surface area contributed by atoms with Gasteiger partial charge >= 0.3 is 0 Å². The highest BCUT2D eigenvalue weighted by Crippen LogP contribution is 2.32. The Kier molecular flexibility index (Phi) is 6.23. The van der Waals surface area contributed by atoms with Crippen LogP contribution in [0.25, 0.3) is 0 Å². The Hall–Kier alpha value is -0.200. The average molecular weight is 240 g/mol. The molecule has 0 aromatic heterocycles. The van der Waals surface area contributed by atoms with Gasteiger partial charge in [-0.3, -0.25) is 0 Å². The Bertz CT molecular complexity index is 229. The lowest BCUT2D eigenvalue weighted by atomic mass is 9.88. The van der Waals surface area contributed by atoms with E-state index in [4.69, 9.17) is 5.26 Å². The summed E-state index contributed by atoms with van der Waals surface area (Å²) in [5.41, 5.74) is 0.261. The summed E-state index contributed by atoms with van der Waals surface area (Å²) in [6.07, 6.45) is 4.58. The zero-order valence-electron chi connectivity index (χ0n) is 10.6. The first kappa shape index (κ1) is 13.9. The zero-order chi connectivity index (χ0) is 11.9. The minimum atomic E-state index is 0.261. The van der Waals surface area contributed by atoms with Crippen LogP contribution < -0.4 is 5.32 Å². The molecule has 1 aliphatic carbocycles. The minimum absolute atomic E-state index is 0.261. The molecule has 0 aromatic carbocycles. The van der Waals surface area contributed by atoms with E-state index in [9.17, 15) is 0 Å². The lowest BCUT2D eigenvalue weighted by Gasteiger charge is -2.23. The smallest absolute Gasteiger partial charge is 0.0621 e. The molecule has 0 atom stereocenters. The summed E-state index contributed by atoms with van der Waals surface area (Å²) in [4.78, 5) is 0. The molecule has 0 bridgehead atoms. The molecular weight excluding hydrogens is 216 g/mol. The van der Waals surface area contributed by atoms with E-state index in [0.29, 0.717) is 6.42 Å². The largest absolute Gasteiger partial charge is 0.315 e. The second-order valence-electron chi connectivity index (χ2n) is 5.52. The van der Waals surface area contributed by atoms with Gasteiger partial charge < -0.3 is 5.32 Å². The molecule has 1 aliphatic rings. The number of nitriles is 1. The van der Waals surface area contributed by atoms with Gasteiger partial charge in [0.2, 0.25) is 0 Å². The lowest BCUT2D eigenvalue weighted by molar-refractivity contribution is 0.322. The van der Waals surface area contributed by atoms with Crippen molar-refractivity contribution in [3.05, 3.63) is 0 Å². The van der Waals surface area contributed by atoms with Crippen LogP contribution in [-0.2, 0) is 0 Å². The number of thioether (sulfide) groups is 1. The van der Waals surface area contributed by atoms with Crippen LogP contribution in [0.15, 0.2) is 0 Å². The molecule has 1 fully saturated rings. The molecule has 2 nitrogen and oxygen atoms in total. The fourth-order valence-corrected chi connectivity index (χ4v) is 2.71. The van der Waals surface area contributed by atoms with Crippen molar-refractivity contribution in [1.29, 1.82) is 5.26 Å². The van der Waals surface area contributed by atoms with Gasteiger partial charge in [0.1, 0.15) is 0 Å². The number of hydrogen-bond acceptors (Lipinski definition) is 3. The zero-order valence-corrected chi connectivity index (χ0v) is 11.4. The van der Waals surface area contributed by atoms with Gasteiger partial charge in [0, 0.05) is 25.3 Å². The fraction of sp³-hybridized carbons (Fsp3) is 0.923. The Morgan fingerprint density at radius 3 is 2.81 bits per heavy atom. The molecule has 0 aromatic rings. The van der Waals surface area contributed by atoms with Crippen molar-refractivity contribution >= 4 is 11.8 Å². The van der Waals surface area contributed by atoms with Gasteiger partial charge in [-0.15, -0.1) is 0 Å². The van der Waals surface area contributed by atoms with E-state index < -0.39 is 0 Å². The Labute approximate surface area is 104 Å². The standard InChI is InChI=1S/C13H24N2S/c1-13(2,6-3-7-14)11-15-8-9-16-10-12-4-5-12/h12,15H,3-6,8-11H2,1-2H3. The van der Waals surface area contributed by atoms with Crippen LogP contribution in [0.3, 0.4) is 0 Å². The molecule has 0 saturated heterocycles. The summed E-state index contributed by atoms with van der Waals surface area (Å²) in [5.74, 6) is 3.63. The Morgan fingerprint density at radius 2 is 2.19 bits per heavy atom. The second-order valence-corrected chi connectivity index (χ2v) is 6.67. The predicted octanol–water partition coefficient (Wildman–Crippen LogP) is 3.05. The highest BCUT2D eigenvalue weighted by molar-refractivity contribution is 7.99. The third-order valence-electron chi connectivity index (χ3n) is 2.99. The third kappa shape index (κ3) is 7.14. The molecule has 1 rings (SSSR count). The van der Waals surface area contributed by atoms with Crippen LogP contribution in [0.4, 0.5) is 0 Å². The quantitative estimate of drug-likeness (QED) is 0.629. The maximum absolute atomic E-state index is 8.56. The topological polar surface area (TPSA) is 35.8 Å². The summed E-state index contributed by atoms with van der Waals surface area (Å²) in [7, 11) is 0. The molecule has 16 heavy (non-hydrogen) atoms. The van der Waals surface area contributed by atoms with E-state index in [1.165, 1.54) is 24.3 Å². The van der Waals surface area contributed by atoms with Crippen molar-refractivity contribution in [2.75, 3.05) is 24.6 Å². The van der Waals surface area contributed by atoms with Gasteiger partial charge in [0.15, 0.2) is 0 Å². The number of nitrogens with zero attached hydrogens (tertiary/aromatic N) is 1. The molecule has 0 spiro atoms. The highest BCUT2D eigenvalue weighted by atomic mass is 32.2. The van der Waals surface area contributed by atoms with Crippen LogP contribution >= 0.6 is 11.8 Å². The molecule has 3 heteroatoms. The average Bonchev–Trinajstić information content (AvgIpc) is 3.04.